The van der Waals surface area contributed by atoms with Gasteiger partial charge in [0.2, 0.25) is 11.8 Å². The van der Waals surface area contributed by atoms with Crippen molar-refractivity contribution in [1.29, 1.82) is 0 Å². The number of benzene rings is 1. The van der Waals surface area contributed by atoms with Gasteiger partial charge in [0.1, 0.15) is 0 Å². The summed E-state index contributed by atoms with van der Waals surface area (Å²) in [6.45, 7) is 2.10. The topological polar surface area (TPSA) is 69.3 Å². The number of aromatic amines is 1. The molecule has 2 aromatic rings. The third-order valence-corrected chi connectivity index (χ3v) is 7.12. The number of H-pyrrole nitrogens is 1. The van der Waals surface area contributed by atoms with Crippen molar-refractivity contribution in [2.24, 2.45) is 5.92 Å². The summed E-state index contributed by atoms with van der Waals surface area (Å²) < 4.78 is 0. The van der Waals surface area contributed by atoms with E-state index in [-0.39, 0.29) is 17.4 Å². The molecule has 1 aliphatic carbocycles. The summed E-state index contributed by atoms with van der Waals surface area (Å²) in [4.78, 5) is 38.1. The number of hydrogen-bond donors (Lipinski definition) is 1. The van der Waals surface area contributed by atoms with E-state index < -0.39 is 0 Å². The smallest absolute Gasteiger partial charge is 0.226 e. The summed E-state index contributed by atoms with van der Waals surface area (Å²) in [5, 5.41) is 0. The van der Waals surface area contributed by atoms with Crippen molar-refractivity contribution in [1.82, 2.24) is 19.8 Å². The Balaban J connectivity index is 1.35. The molecule has 0 atom stereocenters. The number of carbonyl (C=O) groups excluding carboxylic acids is 2. The predicted octanol–water partition coefficient (Wildman–Crippen LogP) is 2.65. The van der Waals surface area contributed by atoms with Gasteiger partial charge in [0, 0.05) is 37.7 Å². The van der Waals surface area contributed by atoms with Crippen LogP contribution in [0.25, 0.3) is 0 Å². The Labute approximate surface area is 171 Å². The first kappa shape index (κ1) is 18.4. The van der Waals surface area contributed by atoms with E-state index in [2.05, 4.69) is 14.9 Å². The van der Waals surface area contributed by atoms with Crippen LogP contribution in [0.4, 0.5) is 0 Å². The van der Waals surface area contributed by atoms with E-state index in [0.717, 1.165) is 62.0 Å². The highest BCUT2D eigenvalue weighted by atomic mass is 16.2. The number of hydrogen-bond acceptors (Lipinski definition) is 3. The van der Waals surface area contributed by atoms with Gasteiger partial charge in [-0.15, -0.1) is 0 Å². The molecule has 0 bridgehead atoms. The lowest BCUT2D eigenvalue weighted by molar-refractivity contribution is -0.150. The minimum atomic E-state index is -0.357. The zero-order valence-corrected chi connectivity index (χ0v) is 16.8. The van der Waals surface area contributed by atoms with Crippen molar-refractivity contribution < 1.29 is 9.59 Å². The minimum absolute atomic E-state index is 0.168. The molecule has 2 fully saturated rings. The molecule has 6 nitrogen and oxygen atoms in total. The van der Waals surface area contributed by atoms with Crippen molar-refractivity contribution in [3.8, 4) is 0 Å². The summed E-state index contributed by atoms with van der Waals surface area (Å²) in [7, 11) is 0. The molecule has 2 amide bonds. The Hall–Kier alpha value is -2.63. The van der Waals surface area contributed by atoms with E-state index in [4.69, 9.17) is 0 Å². The first-order valence-corrected chi connectivity index (χ1v) is 10.8. The molecule has 1 aromatic carbocycles. The molecule has 5 rings (SSSR count). The van der Waals surface area contributed by atoms with Crippen LogP contribution in [-0.2, 0) is 28.0 Å². The van der Waals surface area contributed by atoms with Crippen molar-refractivity contribution in [2.45, 2.75) is 50.5 Å². The summed E-state index contributed by atoms with van der Waals surface area (Å²) in [5.74, 6) is 0.653. The number of piperidine rings is 1. The van der Waals surface area contributed by atoms with Gasteiger partial charge in [-0.05, 0) is 31.2 Å². The van der Waals surface area contributed by atoms with Gasteiger partial charge in [0.25, 0.3) is 0 Å². The Morgan fingerprint density at radius 2 is 1.86 bits per heavy atom. The van der Waals surface area contributed by atoms with Crippen LogP contribution >= 0.6 is 0 Å². The Morgan fingerprint density at radius 1 is 1.10 bits per heavy atom. The third kappa shape index (κ3) is 3.15. The van der Waals surface area contributed by atoms with Gasteiger partial charge < -0.3 is 14.8 Å². The van der Waals surface area contributed by atoms with Gasteiger partial charge in [0.05, 0.1) is 24.0 Å². The lowest BCUT2D eigenvalue weighted by atomic mass is 9.76. The zero-order valence-electron chi connectivity index (χ0n) is 16.8. The van der Waals surface area contributed by atoms with Crippen LogP contribution in [0.5, 0.6) is 0 Å². The average Bonchev–Trinajstić information content (AvgIpc) is 3.18. The molecule has 2 aliphatic heterocycles. The number of rotatable bonds is 3. The molecule has 1 saturated heterocycles. The van der Waals surface area contributed by atoms with Crippen LogP contribution in [0, 0.1) is 5.92 Å². The molecule has 29 heavy (non-hydrogen) atoms. The number of likely N-dealkylation sites (tertiary alicyclic amines) is 1. The summed E-state index contributed by atoms with van der Waals surface area (Å²) in [5.41, 5.74) is 2.88. The van der Waals surface area contributed by atoms with Gasteiger partial charge in [-0.1, -0.05) is 36.8 Å². The Morgan fingerprint density at radius 3 is 2.55 bits per heavy atom. The summed E-state index contributed by atoms with van der Waals surface area (Å²) in [6.07, 6.45) is 7.76. The van der Waals surface area contributed by atoms with Crippen molar-refractivity contribution in [3.63, 3.8) is 0 Å². The number of amides is 2. The number of nitrogens with zero attached hydrogens (tertiary/aromatic N) is 3. The molecule has 3 heterocycles. The minimum Gasteiger partial charge on any atom is -0.348 e. The van der Waals surface area contributed by atoms with Crippen LogP contribution in [-0.4, -0.2) is 51.2 Å². The maximum Gasteiger partial charge on any atom is 0.226 e. The normalized spacial score (nSPS) is 21.0. The number of imidazole rings is 1. The molecule has 1 spiro atoms. The van der Waals surface area contributed by atoms with E-state index in [1.54, 1.807) is 6.33 Å². The fraction of sp³-hybridized carbons (Fsp3) is 0.522. The second kappa shape index (κ2) is 7.32. The lowest BCUT2D eigenvalue weighted by Gasteiger charge is -2.52. The van der Waals surface area contributed by atoms with Crippen molar-refractivity contribution in [3.05, 3.63) is 53.6 Å². The molecule has 0 radical (unpaired) electrons. The molecular formula is C23H28N4O2. The zero-order chi connectivity index (χ0) is 19.8. The highest BCUT2D eigenvalue weighted by molar-refractivity contribution is 5.81. The fourth-order valence-corrected chi connectivity index (χ4v) is 5.19. The molecule has 0 unspecified atom stereocenters. The van der Waals surface area contributed by atoms with E-state index in [9.17, 15) is 9.59 Å². The molecule has 1 N–H and O–H groups in total. The SMILES string of the molecule is O=C(Cc1ccccc1)N1CCC2(CC1)c1nc[nH]c1CCN2C(=O)C1CCC1. The molecule has 1 saturated carbocycles. The highest BCUT2D eigenvalue weighted by Gasteiger charge is 2.50. The van der Waals surface area contributed by atoms with Crippen LogP contribution in [0.3, 0.4) is 0 Å². The standard InChI is InChI=1S/C23H28N4O2/c28-20(15-17-5-2-1-3-6-17)26-13-10-23(11-14-26)21-19(24-16-25-21)9-12-27(23)22(29)18-7-4-8-18/h1-3,5-6,16,18H,4,7-15H2,(H,24,25). The van der Waals surface area contributed by atoms with Crippen LogP contribution in [0.1, 0.15) is 49.1 Å². The number of aromatic nitrogens is 2. The van der Waals surface area contributed by atoms with Gasteiger partial charge in [0.15, 0.2) is 0 Å². The van der Waals surface area contributed by atoms with Crippen LogP contribution in [0.15, 0.2) is 36.7 Å². The molecule has 152 valence electrons. The maximum atomic E-state index is 13.2. The van der Waals surface area contributed by atoms with Gasteiger partial charge in [-0.25, -0.2) is 4.98 Å². The van der Waals surface area contributed by atoms with Crippen molar-refractivity contribution in [2.75, 3.05) is 19.6 Å². The van der Waals surface area contributed by atoms with E-state index in [1.165, 1.54) is 0 Å². The predicted molar refractivity (Wildman–Crippen MR) is 109 cm³/mol. The van der Waals surface area contributed by atoms with Crippen LogP contribution < -0.4 is 0 Å². The number of carbonyl (C=O) groups is 2. The molecule has 6 heteroatoms. The number of fused-ring (bicyclic) bond motifs is 2. The van der Waals surface area contributed by atoms with Gasteiger partial charge in [-0.2, -0.15) is 0 Å². The molecule has 1 aromatic heterocycles. The monoisotopic (exact) mass is 392 g/mol. The first-order valence-electron chi connectivity index (χ1n) is 10.8. The maximum absolute atomic E-state index is 13.2. The second-order valence-corrected chi connectivity index (χ2v) is 8.67. The number of nitrogens with one attached hydrogen (secondary N) is 1. The van der Waals surface area contributed by atoms with E-state index in [1.807, 2.05) is 35.2 Å². The van der Waals surface area contributed by atoms with E-state index >= 15 is 0 Å². The molecular weight excluding hydrogens is 364 g/mol. The second-order valence-electron chi connectivity index (χ2n) is 8.67. The first-order chi connectivity index (χ1) is 14.2. The Kier molecular flexibility index (Phi) is 4.64. The average molecular weight is 393 g/mol. The highest BCUT2D eigenvalue weighted by Crippen LogP contribution is 2.44. The van der Waals surface area contributed by atoms with Crippen LogP contribution in [0.2, 0.25) is 0 Å². The van der Waals surface area contributed by atoms with E-state index in [0.29, 0.717) is 25.4 Å². The fourth-order valence-electron chi connectivity index (χ4n) is 5.19. The van der Waals surface area contributed by atoms with Gasteiger partial charge >= 0.3 is 0 Å². The van der Waals surface area contributed by atoms with Crippen molar-refractivity contribution >= 4 is 11.8 Å². The summed E-state index contributed by atoms with van der Waals surface area (Å²) in [6, 6.07) is 9.91. The van der Waals surface area contributed by atoms with Gasteiger partial charge in [-0.3, -0.25) is 9.59 Å². The lowest BCUT2D eigenvalue weighted by Crippen LogP contribution is -2.60. The molecule has 3 aliphatic rings. The third-order valence-electron chi connectivity index (χ3n) is 7.12. The quantitative estimate of drug-likeness (QED) is 0.873. The summed E-state index contributed by atoms with van der Waals surface area (Å²) >= 11 is 0. The Bertz CT molecular complexity index is 895. The largest absolute Gasteiger partial charge is 0.348 e.